The van der Waals surface area contributed by atoms with Gasteiger partial charge in [-0.25, -0.2) is 9.97 Å². The number of hydrogen-bond donors (Lipinski definition) is 1. The van der Waals surface area contributed by atoms with E-state index >= 15 is 0 Å². The molecule has 6 nitrogen and oxygen atoms in total. The average molecular weight is 319 g/mol. The van der Waals surface area contributed by atoms with E-state index in [4.69, 9.17) is 4.74 Å². The summed E-state index contributed by atoms with van der Waals surface area (Å²) in [6.07, 6.45) is 3.99. The molecule has 0 atom stereocenters. The molecule has 0 aliphatic carbocycles. The molecule has 1 aromatic heterocycles. The first-order valence-electron chi connectivity index (χ1n) is 8.69. The van der Waals surface area contributed by atoms with Gasteiger partial charge in [0.25, 0.3) is 0 Å². The molecule has 2 fully saturated rings. The van der Waals surface area contributed by atoms with Crippen LogP contribution in [0.3, 0.4) is 0 Å². The van der Waals surface area contributed by atoms with Crippen LogP contribution >= 0.6 is 0 Å². The van der Waals surface area contributed by atoms with E-state index in [-0.39, 0.29) is 5.54 Å². The number of anilines is 2. The standard InChI is InChI=1S/C17H29N5O/c1-17(2,3)22-6-4-14(5-7-22)20-15-12-16(19-13-18-15)21-8-10-23-11-9-21/h12-14H,4-11H2,1-3H3,(H,18,19,20). The molecule has 0 saturated carbocycles. The van der Waals surface area contributed by atoms with Crippen LogP contribution in [0.1, 0.15) is 33.6 Å². The van der Waals surface area contributed by atoms with Crippen LogP contribution in [0.15, 0.2) is 12.4 Å². The third kappa shape index (κ3) is 4.32. The van der Waals surface area contributed by atoms with Crippen LogP contribution in [0.4, 0.5) is 11.6 Å². The maximum Gasteiger partial charge on any atom is 0.134 e. The zero-order valence-electron chi connectivity index (χ0n) is 14.6. The number of likely N-dealkylation sites (tertiary alicyclic amines) is 1. The summed E-state index contributed by atoms with van der Waals surface area (Å²) >= 11 is 0. The highest BCUT2D eigenvalue weighted by atomic mass is 16.5. The Bertz CT molecular complexity index is 502. The molecule has 2 saturated heterocycles. The second-order valence-electron chi connectivity index (χ2n) is 7.44. The lowest BCUT2D eigenvalue weighted by atomic mass is 9.98. The molecule has 3 heterocycles. The maximum absolute atomic E-state index is 5.41. The van der Waals surface area contributed by atoms with Crippen molar-refractivity contribution in [3.63, 3.8) is 0 Å². The molecular formula is C17H29N5O. The lowest BCUT2D eigenvalue weighted by Gasteiger charge is -2.41. The summed E-state index contributed by atoms with van der Waals surface area (Å²) in [5, 5.41) is 3.60. The molecule has 0 aromatic carbocycles. The van der Waals surface area contributed by atoms with Gasteiger partial charge in [-0.2, -0.15) is 0 Å². The van der Waals surface area contributed by atoms with Gasteiger partial charge in [0.1, 0.15) is 18.0 Å². The Morgan fingerprint density at radius 3 is 2.43 bits per heavy atom. The molecule has 1 aromatic rings. The highest BCUT2D eigenvalue weighted by Gasteiger charge is 2.27. The summed E-state index contributed by atoms with van der Waals surface area (Å²) < 4.78 is 5.41. The van der Waals surface area contributed by atoms with Gasteiger partial charge in [0.15, 0.2) is 0 Å². The first-order chi connectivity index (χ1) is 11.0. The van der Waals surface area contributed by atoms with Gasteiger partial charge in [-0.1, -0.05) is 0 Å². The molecule has 2 aliphatic rings. The Morgan fingerprint density at radius 1 is 1.09 bits per heavy atom. The van der Waals surface area contributed by atoms with Crippen LogP contribution in [0.25, 0.3) is 0 Å². The Kier molecular flexibility index (Phi) is 5.02. The number of ether oxygens (including phenoxy) is 1. The molecule has 23 heavy (non-hydrogen) atoms. The highest BCUT2D eigenvalue weighted by molar-refractivity contribution is 5.49. The smallest absolute Gasteiger partial charge is 0.134 e. The second-order valence-corrected chi connectivity index (χ2v) is 7.44. The number of aromatic nitrogens is 2. The van der Waals surface area contributed by atoms with Crippen LogP contribution < -0.4 is 10.2 Å². The van der Waals surface area contributed by atoms with Gasteiger partial charge in [0, 0.05) is 43.8 Å². The molecule has 0 unspecified atom stereocenters. The predicted octanol–water partition coefficient (Wildman–Crippen LogP) is 1.99. The minimum Gasteiger partial charge on any atom is -0.378 e. The van der Waals surface area contributed by atoms with Gasteiger partial charge in [-0.05, 0) is 33.6 Å². The van der Waals surface area contributed by atoms with E-state index in [1.54, 1.807) is 6.33 Å². The average Bonchev–Trinajstić information content (AvgIpc) is 2.56. The fourth-order valence-electron chi connectivity index (χ4n) is 3.30. The third-order valence-corrected chi connectivity index (χ3v) is 4.78. The van der Waals surface area contributed by atoms with E-state index in [1.165, 1.54) is 0 Å². The number of piperidine rings is 1. The third-order valence-electron chi connectivity index (χ3n) is 4.78. The minimum atomic E-state index is 0.267. The Hall–Kier alpha value is -1.40. The van der Waals surface area contributed by atoms with Crippen molar-refractivity contribution in [1.82, 2.24) is 14.9 Å². The molecule has 128 valence electrons. The Balaban J connectivity index is 1.56. The van der Waals surface area contributed by atoms with E-state index < -0.39 is 0 Å². The Labute approximate surface area is 139 Å². The van der Waals surface area contributed by atoms with Crippen molar-refractivity contribution >= 4 is 11.6 Å². The molecule has 1 N–H and O–H groups in total. The zero-order valence-corrected chi connectivity index (χ0v) is 14.6. The fraction of sp³-hybridized carbons (Fsp3) is 0.765. The Morgan fingerprint density at radius 2 is 1.78 bits per heavy atom. The number of hydrogen-bond acceptors (Lipinski definition) is 6. The normalized spacial score (nSPS) is 21.4. The van der Waals surface area contributed by atoms with Crippen molar-refractivity contribution in [2.24, 2.45) is 0 Å². The van der Waals surface area contributed by atoms with Gasteiger partial charge in [-0.15, -0.1) is 0 Å². The monoisotopic (exact) mass is 319 g/mol. The maximum atomic E-state index is 5.41. The van der Waals surface area contributed by atoms with Crippen molar-refractivity contribution < 1.29 is 4.74 Å². The lowest BCUT2D eigenvalue weighted by Crippen LogP contribution is -2.48. The van der Waals surface area contributed by atoms with Crippen LogP contribution in [-0.4, -0.2) is 65.8 Å². The van der Waals surface area contributed by atoms with Crippen LogP contribution in [0.2, 0.25) is 0 Å². The summed E-state index contributed by atoms with van der Waals surface area (Å²) in [6, 6.07) is 2.57. The quantitative estimate of drug-likeness (QED) is 0.919. The minimum absolute atomic E-state index is 0.267. The van der Waals surface area contributed by atoms with Gasteiger partial charge in [0.05, 0.1) is 13.2 Å². The van der Waals surface area contributed by atoms with Crippen LogP contribution in [0, 0.1) is 0 Å². The number of morpholine rings is 1. The molecule has 2 aliphatic heterocycles. The summed E-state index contributed by atoms with van der Waals surface area (Å²) in [7, 11) is 0. The van der Waals surface area contributed by atoms with Crippen molar-refractivity contribution in [2.75, 3.05) is 49.6 Å². The topological polar surface area (TPSA) is 53.5 Å². The SMILES string of the molecule is CC(C)(C)N1CCC(Nc2cc(N3CCOCC3)ncn2)CC1. The molecule has 0 amide bonds. The number of rotatable bonds is 3. The molecule has 6 heteroatoms. The molecule has 3 rings (SSSR count). The molecular weight excluding hydrogens is 290 g/mol. The van der Waals surface area contributed by atoms with Crippen LogP contribution in [-0.2, 0) is 4.74 Å². The fourth-order valence-corrected chi connectivity index (χ4v) is 3.30. The van der Waals surface area contributed by atoms with E-state index in [0.717, 1.165) is 63.9 Å². The van der Waals surface area contributed by atoms with Crippen LogP contribution in [0.5, 0.6) is 0 Å². The van der Waals surface area contributed by atoms with Crippen molar-refractivity contribution in [3.8, 4) is 0 Å². The number of nitrogens with zero attached hydrogens (tertiary/aromatic N) is 4. The number of nitrogens with one attached hydrogen (secondary N) is 1. The van der Waals surface area contributed by atoms with E-state index in [1.807, 2.05) is 0 Å². The summed E-state index contributed by atoms with van der Waals surface area (Å²) in [4.78, 5) is 13.6. The first kappa shape index (κ1) is 16.5. The van der Waals surface area contributed by atoms with Gasteiger partial charge < -0.3 is 15.0 Å². The largest absolute Gasteiger partial charge is 0.378 e. The van der Waals surface area contributed by atoms with Crippen molar-refractivity contribution in [2.45, 2.75) is 45.2 Å². The zero-order chi connectivity index (χ0) is 16.3. The summed E-state index contributed by atoms with van der Waals surface area (Å²) in [5.74, 6) is 1.94. The molecule has 0 bridgehead atoms. The molecule has 0 radical (unpaired) electrons. The highest BCUT2D eigenvalue weighted by Crippen LogP contribution is 2.23. The second kappa shape index (κ2) is 7.01. The first-order valence-corrected chi connectivity index (χ1v) is 8.69. The summed E-state index contributed by atoms with van der Waals surface area (Å²) in [5.41, 5.74) is 0.267. The van der Waals surface area contributed by atoms with Gasteiger partial charge in [-0.3, -0.25) is 4.90 Å². The van der Waals surface area contributed by atoms with E-state index in [0.29, 0.717) is 6.04 Å². The van der Waals surface area contributed by atoms with E-state index in [2.05, 4.69) is 51.9 Å². The van der Waals surface area contributed by atoms with Gasteiger partial charge >= 0.3 is 0 Å². The summed E-state index contributed by atoms with van der Waals surface area (Å²) in [6.45, 7) is 12.5. The van der Waals surface area contributed by atoms with Crippen molar-refractivity contribution in [1.29, 1.82) is 0 Å². The predicted molar refractivity (Wildman–Crippen MR) is 93.0 cm³/mol. The lowest BCUT2D eigenvalue weighted by molar-refractivity contribution is 0.106. The van der Waals surface area contributed by atoms with Gasteiger partial charge in [0.2, 0.25) is 0 Å². The van der Waals surface area contributed by atoms with E-state index in [9.17, 15) is 0 Å². The van der Waals surface area contributed by atoms with Crippen molar-refractivity contribution in [3.05, 3.63) is 12.4 Å². The molecule has 0 spiro atoms.